The van der Waals surface area contributed by atoms with E-state index in [-0.39, 0.29) is 16.0 Å². The van der Waals surface area contributed by atoms with Crippen LogP contribution in [-0.2, 0) is 20.7 Å². The maximum atomic E-state index is 15.0. The summed E-state index contributed by atoms with van der Waals surface area (Å²) < 4.78 is 63.7. The van der Waals surface area contributed by atoms with Crippen molar-refractivity contribution in [3.8, 4) is 5.75 Å². The minimum absolute atomic E-state index is 0.175. The Morgan fingerprint density at radius 1 is 1.03 bits per heavy atom. The van der Waals surface area contributed by atoms with Crippen molar-refractivity contribution in [3.63, 3.8) is 0 Å². The molecular formula is C24H23ClF2N2O4S. The van der Waals surface area contributed by atoms with E-state index in [1.807, 2.05) is 0 Å². The molecule has 34 heavy (non-hydrogen) atoms. The Bertz CT molecular complexity index is 1310. The normalized spacial score (nSPS) is 16.0. The van der Waals surface area contributed by atoms with Gasteiger partial charge in [0.15, 0.2) is 6.04 Å². The predicted octanol–water partition coefficient (Wildman–Crippen LogP) is 4.74. The molecular weight excluding hydrogens is 486 g/mol. The fourth-order valence-corrected chi connectivity index (χ4v) is 5.38. The molecule has 4 rings (SSSR count). The van der Waals surface area contributed by atoms with E-state index in [1.54, 1.807) is 29.0 Å². The monoisotopic (exact) mass is 508 g/mol. The summed E-state index contributed by atoms with van der Waals surface area (Å²) in [6.45, 7) is 0. The number of carbonyl (C=O) groups excluding carboxylic acids is 1. The van der Waals surface area contributed by atoms with Gasteiger partial charge in [0.25, 0.3) is 5.92 Å². The fraction of sp³-hybridized carbons (Fsp3) is 0.292. The Morgan fingerprint density at radius 3 is 2.29 bits per heavy atom. The standard InChI is InChI=1S/C24H23ClF2N2O4S/c25-18-9-7-17(8-10-18)24(26,27)22(23(28)30)29-34(31,32)21-12-6-15-13-20(11-5-16(15)14-21)33-19-3-1-2-4-19/h5-14,19,22,29H,1-4H2,(H2,28,30)/t22-/m0/s1. The van der Waals surface area contributed by atoms with Gasteiger partial charge >= 0.3 is 0 Å². The van der Waals surface area contributed by atoms with E-state index >= 15 is 8.78 Å². The third-order valence-corrected chi connectivity index (χ3v) is 7.52. The van der Waals surface area contributed by atoms with Crippen LogP contribution in [0.4, 0.5) is 8.78 Å². The Balaban J connectivity index is 1.59. The number of benzene rings is 3. The molecule has 6 nitrogen and oxygen atoms in total. The second-order valence-electron chi connectivity index (χ2n) is 8.28. The average Bonchev–Trinajstić information content (AvgIpc) is 3.30. The van der Waals surface area contributed by atoms with E-state index in [2.05, 4.69) is 0 Å². The van der Waals surface area contributed by atoms with Crippen LogP contribution in [0.25, 0.3) is 10.8 Å². The molecule has 0 saturated heterocycles. The van der Waals surface area contributed by atoms with Gasteiger partial charge in [-0.1, -0.05) is 35.9 Å². The molecule has 10 heteroatoms. The summed E-state index contributed by atoms with van der Waals surface area (Å²) in [6, 6.07) is 11.4. The molecule has 0 aromatic heterocycles. The third-order valence-electron chi connectivity index (χ3n) is 5.85. The van der Waals surface area contributed by atoms with Gasteiger partial charge in [-0.3, -0.25) is 4.79 Å². The van der Waals surface area contributed by atoms with Crippen molar-refractivity contribution in [2.24, 2.45) is 5.73 Å². The number of primary amides is 1. The lowest BCUT2D eigenvalue weighted by Gasteiger charge is -2.25. The number of hydrogen-bond donors (Lipinski definition) is 2. The minimum atomic E-state index is -4.51. The molecule has 3 aromatic rings. The summed E-state index contributed by atoms with van der Waals surface area (Å²) in [5, 5.41) is 1.51. The molecule has 1 fully saturated rings. The van der Waals surface area contributed by atoms with Crippen molar-refractivity contribution in [2.75, 3.05) is 0 Å². The molecule has 1 aliphatic carbocycles. The number of halogens is 3. The number of alkyl halides is 2. The Kier molecular flexibility index (Phi) is 6.80. The van der Waals surface area contributed by atoms with Crippen molar-refractivity contribution in [1.29, 1.82) is 0 Å². The molecule has 1 amide bonds. The lowest BCUT2D eigenvalue weighted by molar-refractivity contribution is -0.130. The van der Waals surface area contributed by atoms with Crippen molar-refractivity contribution in [2.45, 2.75) is 48.6 Å². The van der Waals surface area contributed by atoms with Gasteiger partial charge in [-0.15, -0.1) is 0 Å². The molecule has 0 bridgehead atoms. The fourth-order valence-electron chi connectivity index (χ4n) is 4.01. The highest BCUT2D eigenvalue weighted by atomic mass is 35.5. The van der Waals surface area contributed by atoms with Crippen LogP contribution in [0.15, 0.2) is 65.6 Å². The first kappa shape index (κ1) is 24.4. The van der Waals surface area contributed by atoms with Crippen LogP contribution >= 0.6 is 11.6 Å². The molecule has 0 radical (unpaired) electrons. The van der Waals surface area contributed by atoms with Crippen LogP contribution in [0.5, 0.6) is 5.75 Å². The Hall–Kier alpha value is -2.75. The van der Waals surface area contributed by atoms with Gasteiger partial charge in [0.2, 0.25) is 15.9 Å². The van der Waals surface area contributed by atoms with Crippen molar-refractivity contribution in [1.82, 2.24) is 4.72 Å². The topological polar surface area (TPSA) is 98.5 Å². The summed E-state index contributed by atoms with van der Waals surface area (Å²) in [6.07, 6.45) is 4.45. The van der Waals surface area contributed by atoms with Gasteiger partial charge < -0.3 is 10.5 Å². The second-order valence-corrected chi connectivity index (χ2v) is 10.4. The summed E-state index contributed by atoms with van der Waals surface area (Å²) in [5.41, 5.74) is 4.56. The largest absolute Gasteiger partial charge is 0.490 e. The summed E-state index contributed by atoms with van der Waals surface area (Å²) >= 11 is 5.73. The van der Waals surface area contributed by atoms with Crippen molar-refractivity contribution >= 4 is 38.3 Å². The zero-order valence-corrected chi connectivity index (χ0v) is 19.6. The highest BCUT2D eigenvalue weighted by Crippen LogP contribution is 2.34. The second kappa shape index (κ2) is 9.48. The molecule has 0 unspecified atom stereocenters. The summed E-state index contributed by atoms with van der Waals surface area (Å²) in [4.78, 5) is 11.6. The summed E-state index contributed by atoms with van der Waals surface area (Å²) in [7, 11) is -4.51. The number of hydrogen-bond acceptors (Lipinski definition) is 4. The number of ether oxygens (including phenoxy) is 1. The van der Waals surface area contributed by atoms with E-state index in [0.29, 0.717) is 11.1 Å². The Labute approximate surface area is 201 Å². The number of sulfonamides is 1. The van der Waals surface area contributed by atoms with E-state index < -0.39 is 33.5 Å². The first-order valence-electron chi connectivity index (χ1n) is 10.7. The number of amides is 1. The van der Waals surface area contributed by atoms with Crippen LogP contribution in [-0.4, -0.2) is 26.5 Å². The zero-order chi connectivity index (χ0) is 24.5. The van der Waals surface area contributed by atoms with Gasteiger partial charge in [-0.25, -0.2) is 8.42 Å². The number of rotatable bonds is 8. The van der Waals surface area contributed by atoms with Gasteiger partial charge in [0.05, 0.1) is 11.0 Å². The minimum Gasteiger partial charge on any atom is -0.490 e. The number of fused-ring (bicyclic) bond motifs is 1. The van der Waals surface area contributed by atoms with E-state index in [1.165, 1.54) is 24.3 Å². The van der Waals surface area contributed by atoms with Gasteiger partial charge in [-0.2, -0.15) is 13.5 Å². The maximum absolute atomic E-state index is 15.0. The maximum Gasteiger partial charge on any atom is 0.298 e. The lowest BCUT2D eigenvalue weighted by atomic mass is 10.0. The molecule has 0 aliphatic heterocycles. The third kappa shape index (κ3) is 5.16. The quantitative estimate of drug-likeness (QED) is 0.459. The molecule has 1 saturated carbocycles. The number of nitrogens with one attached hydrogen (secondary N) is 1. The predicted molar refractivity (Wildman–Crippen MR) is 125 cm³/mol. The van der Waals surface area contributed by atoms with Crippen LogP contribution in [0.1, 0.15) is 31.2 Å². The number of nitrogens with two attached hydrogens (primary N) is 1. The van der Waals surface area contributed by atoms with Crippen LogP contribution in [0.3, 0.4) is 0 Å². The average molecular weight is 509 g/mol. The smallest absolute Gasteiger partial charge is 0.298 e. The first-order chi connectivity index (χ1) is 16.1. The SMILES string of the molecule is NC(=O)[C@H](NS(=O)(=O)c1ccc2cc(OC3CCCC3)ccc2c1)C(F)(F)c1ccc(Cl)cc1. The molecule has 1 atom stereocenters. The van der Waals surface area contributed by atoms with Crippen molar-refractivity contribution in [3.05, 3.63) is 71.2 Å². The highest BCUT2D eigenvalue weighted by Gasteiger charge is 2.47. The van der Waals surface area contributed by atoms with E-state index in [9.17, 15) is 13.2 Å². The molecule has 0 heterocycles. The lowest BCUT2D eigenvalue weighted by Crippen LogP contribution is -2.53. The molecule has 3 N–H and O–H groups in total. The highest BCUT2D eigenvalue weighted by molar-refractivity contribution is 7.89. The van der Waals surface area contributed by atoms with Gasteiger partial charge in [-0.05, 0) is 72.9 Å². The van der Waals surface area contributed by atoms with E-state index in [0.717, 1.165) is 43.2 Å². The molecule has 3 aromatic carbocycles. The molecule has 180 valence electrons. The van der Waals surface area contributed by atoms with Gasteiger partial charge in [0, 0.05) is 10.6 Å². The van der Waals surface area contributed by atoms with E-state index in [4.69, 9.17) is 22.1 Å². The summed E-state index contributed by atoms with van der Waals surface area (Å²) in [5.74, 6) is -4.74. The molecule has 1 aliphatic rings. The van der Waals surface area contributed by atoms with Crippen LogP contribution in [0.2, 0.25) is 5.02 Å². The number of carbonyl (C=O) groups is 1. The Morgan fingerprint density at radius 2 is 1.65 bits per heavy atom. The van der Waals surface area contributed by atoms with Gasteiger partial charge in [0.1, 0.15) is 5.75 Å². The van der Waals surface area contributed by atoms with Crippen LogP contribution in [0, 0.1) is 0 Å². The van der Waals surface area contributed by atoms with Crippen molar-refractivity contribution < 1.29 is 26.7 Å². The molecule has 0 spiro atoms. The zero-order valence-electron chi connectivity index (χ0n) is 18.0. The van der Waals surface area contributed by atoms with Crippen LogP contribution < -0.4 is 15.2 Å². The first-order valence-corrected chi connectivity index (χ1v) is 12.6.